The molecule has 1 unspecified atom stereocenters. The number of aromatic nitrogens is 2. The first kappa shape index (κ1) is 16.5. The van der Waals surface area contributed by atoms with Crippen LogP contribution in [-0.2, 0) is 5.54 Å². The van der Waals surface area contributed by atoms with Gasteiger partial charge in [0.05, 0.1) is 17.4 Å². The van der Waals surface area contributed by atoms with Crippen molar-refractivity contribution >= 4 is 11.7 Å². The van der Waals surface area contributed by atoms with Gasteiger partial charge in [0.1, 0.15) is 0 Å². The number of nitrogens with one attached hydrogen (secondary N) is 2. The fourth-order valence-corrected chi connectivity index (χ4v) is 1.80. The average molecular weight is 282 g/mol. The van der Waals surface area contributed by atoms with Crippen molar-refractivity contribution in [3.05, 3.63) is 12.4 Å². The molecule has 1 rings (SSSR count). The average Bonchev–Trinajstić information content (AvgIpc) is 2.76. The summed E-state index contributed by atoms with van der Waals surface area (Å²) in [5.41, 5.74) is 0.539. The van der Waals surface area contributed by atoms with E-state index in [0.717, 1.165) is 0 Å². The maximum atomic E-state index is 11.9. The van der Waals surface area contributed by atoms with E-state index >= 15 is 0 Å². The lowest BCUT2D eigenvalue weighted by Gasteiger charge is -2.21. The van der Waals surface area contributed by atoms with E-state index in [0.29, 0.717) is 12.1 Å². The molecule has 0 aliphatic carbocycles. The molecule has 1 heterocycles. The van der Waals surface area contributed by atoms with Gasteiger partial charge in [-0.15, -0.1) is 0 Å². The second-order valence-electron chi connectivity index (χ2n) is 6.31. The molecule has 0 saturated heterocycles. The number of amides is 2. The molecule has 1 aromatic rings. The number of anilines is 1. The Morgan fingerprint density at radius 2 is 2.10 bits per heavy atom. The monoisotopic (exact) mass is 282 g/mol. The summed E-state index contributed by atoms with van der Waals surface area (Å²) < 4.78 is 1.80. The SMILES string of the molecule is CC(C)C(CCO)NC(=O)Nc1cnn(C(C)(C)C)c1. The van der Waals surface area contributed by atoms with E-state index in [2.05, 4.69) is 15.7 Å². The van der Waals surface area contributed by atoms with Gasteiger partial charge in [-0.2, -0.15) is 5.10 Å². The molecule has 1 aromatic heterocycles. The summed E-state index contributed by atoms with van der Waals surface area (Å²) in [4.78, 5) is 11.9. The van der Waals surface area contributed by atoms with Crippen LogP contribution in [0.5, 0.6) is 0 Å². The normalized spacial score (nSPS) is 13.3. The third kappa shape index (κ3) is 4.85. The fraction of sp³-hybridized carbons (Fsp3) is 0.714. The van der Waals surface area contributed by atoms with Crippen LogP contribution in [0.1, 0.15) is 41.0 Å². The van der Waals surface area contributed by atoms with Crippen LogP contribution in [0.25, 0.3) is 0 Å². The van der Waals surface area contributed by atoms with Crippen molar-refractivity contribution in [1.82, 2.24) is 15.1 Å². The van der Waals surface area contributed by atoms with Gasteiger partial charge in [0.15, 0.2) is 0 Å². The van der Waals surface area contributed by atoms with Gasteiger partial charge >= 0.3 is 6.03 Å². The zero-order valence-corrected chi connectivity index (χ0v) is 13.0. The molecule has 0 aliphatic heterocycles. The van der Waals surface area contributed by atoms with E-state index in [1.807, 2.05) is 34.6 Å². The van der Waals surface area contributed by atoms with Crippen LogP contribution >= 0.6 is 0 Å². The molecule has 0 fully saturated rings. The van der Waals surface area contributed by atoms with Gasteiger partial charge in [0.2, 0.25) is 0 Å². The number of nitrogens with zero attached hydrogens (tertiary/aromatic N) is 2. The van der Waals surface area contributed by atoms with Crippen LogP contribution in [0.2, 0.25) is 0 Å². The highest BCUT2D eigenvalue weighted by Crippen LogP contribution is 2.15. The van der Waals surface area contributed by atoms with Crippen molar-refractivity contribution in [3.8, 4) is 0 Å². The Bertz CT molecular complexity index is 435. The number of aliphatic hydroxyl groups excluding tert-OH is 1. The predicted molar refractivity (Wildman–Crippen MR) is 79.7 cm³/mol. The quantitative estimate of drug-likeness (QED) is 0.774. The Labute approximate surface area is 120 Å². The van der Waals surface area contributed by atoms with E-state index < -0.39 is 0 Å². The summed E-state index contributed by atoms with van der Waals surface area (Å²) in [5, 5.41) is 18.9. The van der Waals surface area contributed by atoms with Crippen LogP contribution in [0.15, 0.2) is 12.4 Å². The smallest absolute Gasteiger partial charge is 0.319 e. The summed E-state index contributed by atoms with van der Waals surface area (Å²) in [5.74, 6) is 0.269. The number of urea groups is 1. The van der Waals surface area contributed by atoms with Crippen LogP contribution in [0, 0.1) is 5.92 Å². The van der Waals surface area contributed by atoms with E-state index in [-0.39, 0.29) is 30.1 Å². The molecule has 3 N–H and O–H groups in total. The summed E-state index contributed by atoms with van der Waals surface area (Å²) in [6.07, 6.45) is 3.98. The Balaban J connectivity index is 2.60. The van der Waals surface area contributed by atoms with Gasteiger partial charge in [-0.1, -0.05) is 13.8 Å². The lowest BCUT2D eigenvalue weighted by Crippen LogP contribution is -2.41. The molecule has 6 nitrogen and oxygen atoms in total. The first-order chi connectivity index (χ1) is 9.24. The van der Waals surface area contributed by atoms with Crippen LogP contribution in [0.3, 0.4) is 0 Å². The number of hydrogen-bond donors (Lipinski definition) is 3. The van der Waals surface area contributed by atoms with E-state index in [1.54, 1.807) is 17.1 Å². The topological polar surface area (TPSA) is 79.2 Å². The zero-order chi connectivity index (χ0) is 15.3. The molecule has 0 spiro atoms. The molecule has 6 heteroatoms. The second kappa shape index (κ2) is 6.74. The largest absolute Gasteiger partial charge is 0.396 e. The first-order valence-corrected chi connectivity index (χ1v) is 6.97. The van der Waals surface area contributed by atoms with Crippen molar-refractivity contribution in [3.63, 3.8) is 0 Å². The highest BCUT2D eigenvalue weighted by atomic mass is 16.3. The Morgan fingerprint density at radius 1 is 1.45 bits per heavy atom. The predicted octanol–water partition coefficient (Wildman–Crippen LogP) is 2.17. The van der Waals surface area contributed by atoms with Gasteiger partial charge in [0, 0.05) is 18.8 Å². The third-order valence-electron chi connectivity index (χ3n) is 3.09. The number of carbonyl (C=O) groups is 1. The van der Waals surface area contributed by atoms with Crippen molar-refractivity contribution in [2.24, 2.45) is 5.92 Å². The Morgan fingerprint density at radius 3 is 2.55 bits per heavy atom. The van der Waals surface area contributed by atoms with E-state index in [4.69, 9.17) is 5.11 Å². The summed E-state index contributed by atoms with van der Waals surface area (Å²) in [6.45, 7) is 10.2. The minimum Gasteiger partial charge on any atom is -0.396 e. The van der Waals surface area contributed by atoms with Crippen molar-refractivity contribution in [2.45, 2.75) is 52.6 Å². The van der Waals surface area contributed by atoms with E-state index in [9.17, 15) is 4.79 Å². The molecule has 1 atom stereocenters. The van der Waals surface area contributed by atoms with Crippen molar-refractivity contribution in [1.29, 1.82) is 0 Å². The van der Waals surface area contributed by atoms with Gasteiger partial charge < -0.3 is 15.7 Å². The molecule has 20 heavy (non-hydrogen) atoms. The minimum atomic E-state index is -0.273. The highest BCUT2D eigenvalue weighted by molar-refractivity contribution is 5.89. The molecule has 0 aliphatic rings. The van der Waals surface area contributed by atoms with Gasteiger partial charge in [-0.3, -0.25) is 4.68 Å². The standard InChI is InChI=1S/C14H26N4O2/c1-10(2)12(6-7-19)17-13(20)16-11-8-15-18(9-11)14(3,4)5/h8-10,12,19H,6-7H2,1-5H3,(H2,16,17,20). The number of carbonyl (C=O) groups excluding carboxylic acids is 1. The molecule has 114 valence electrons. The number of hydrogen-bond acceptors (Lipinski definition) is 3. The Hall–Kier alpha value is -1.56. The van der Waals surface area contributed by atoms with Gasteiger partial charge in [-0.05, 0) is 33.1 Å². The molecular weight excluding hydrogens is 256 g/mol. The van der Waals surface area contributed by atoms with Crippen LogP contribution in [-0.4, -0.2) is 33.6 Å². The van der Waals surface area contributed by atoms with Gasteiger partial charge in [0.25, 0.3) is 0 Å². The Kier molecular flexibility index (Phi) is 5.56. The number of aliphatic hydroxyl groups is 1. The highest BCUT2D eigenvalue weighted by Gasteiger charge is 2.17. The zero-order valence-electron chi connectivity index (χ0n) is 13.0. The molecule has 0 radical (unpaired) electrons. The van der Waals surface area contributed by atoms with E-state index in [1.165, 1.54) is 0 Å². The molecule has 0 aromatic carbocycles. The van der Waals surface area contributed by atoms with Crippen molar-refractivity contribution in [2.75, 3.05) is 11.9 Å². The van der Waals surface area contributed by atoms with Crippen LogP contribution in [0.4, 0.5) is 10.5 Å². The lowest BCUT2D eigenvalue weighted by molar-refractivity contribution is 0.227. The van der Waals surface area contributed by atoms with Crippen LogP contribution < -0.4 is 10.6 Å². The third-order valence-corrected chi connectivity index (χ3v) is 3.09. The maximum absolute atomic E-state index is 11.9. The summed E-state index contributed by atoms with van der Waals surface area (Å²) in [6, 6.07) is -0.316. The maximum Gasteiger partial charge on any atom is 0.319 e. The molecule has 0 saturated carbocycles. The fourth-order valence-electron chi connectivity index (χ4n) is 1.80. The first-order valence-electron chi connectivity index (χ1n) is 6.97. The van der Waals surface area contributed by atoms with Crippen molar-refractivity contribution < 1.29 is 9.90 Å². The summed E-state index contributed by atoms with van der Waals surface area (Å²) >= 11 is 0. The molecule has 0 bridgehead atoms. The second-order valence-corrected chi connectivity index (χ2v) is 6.31. The van der Waals surface area contributed by atoms with Gasteiger partial charge in [-0.25, -0.2) is 4.79 Å². The minimum absolute atomic E-state index is 0.0438. The molecular formula is C14H26N4O2. The lowest BCUT2D eigenvalue weighted by atomic mass is 10.0. The molecule has 2 amide bonds. The summed E-state index contributed by atoms with van der Waals surface area (Å²) in [7, 11) is 0. The number of rotatable bonds is 5.